The van der Waals surface area contributed by atoms with Crippen molar-refractivity contribution in [2.75, 3.05) is 26.8 Å². The molecule has 1 aromatic carbocycles. The molecule has 0 aliphatic carbocycles. The Balaban J connectivity index is 1.61. The van der Waals surface area contributed by atoms with Crippen LogP contribution in [0.15, 0.2) is 41.8 Å². The topological polar surface area (TPSA) is 123 Å². The minimum atomic E-state index is -0.811. The van der Waals surface area contributed by atoms with E-state index >= 15 is 0 Å². The van der Waals surface area contributed by atoms with Crippen LogP contribution in [0.2, 0.25) is 0 Å². The van der Waals surface area contributed by atoms with Crippen LogP contribution in [-0.2, 0) is 20.7 Å². The van der Waals surface area contributed by atoms with Crippen molar-refractivity contribution in [3.8, 4) is 5.75 Å². The van der Waals surface area contributed by atoms with Gasteiger partial charge in [0.15, 0.2) is 6.61 Å². The van der Waals surface area contributed by atoms with E-state index in [0.717, 1.165) is 4.88 Å². The molecule has 0 atom stereocenters. The summed E-state index contributed by atoms with van der Waals surface area (Å²) in [5, 5.41) is 8.90. The molecule has 0 radical (unpaired) electrons. The van der Waals surface area contributed by atoms with Crippen LogP contribution >= 0.6 is 11.3 Å². The van der Waals surface area contributed by atoms with E-state index in [4.69, 9.17) is 9.47 Å². The summed E-state index contributed by atoms with van der Waals surface area (Å²) in [6.07, 6.45) is 0.654. The third kappa shape index (κ3) is 8.01. The van der Waals surface area contributed by atoms with Gasteiger partial charge < -0.3 is 20.1 Å². The van der Waals surface area contributed by atoms with E-state index in [9.17, 15) is 19.2 Å². The number of benzene rings is 1. The number of nitrogens with one attached hydrogen (secondary N) is 3. The molecular formula is C19H21N3O6S. The van der Waals surface area contributed by atoms with E-state index in [1.807, 2.05) is 17.5 Å². The molecule has 4 amide bonds. The van der Waals surface area contributed by atoms with Gasteiger partial charge in [-0.2, -0.15) is 0 Å². The Kier molecular flexibility index (Phi) is 8.64. The average molecular weight is 419 g/mol. The van der Waals surface area contributed by atoms with Crippen molar-refractivity contribution in [1.29, 1.82) is 0 Å². The van der Waals surface area contributed by atoms with Gasteiger partial charge in [-0.15, -0.1) is 11.3 Å². The number of hydrogen-bond donors (Lipinski definition) is 3. The molecule has 1 heterocycles. The summed E-state index contributed by atoms with van der Waals surface area (Å²) in [7, 11) is 1.48. The molecular weight excluding hydrogens is 398 g/mol. The van der Waals surface area contributed by atoms with Crippen molar-refractivity contribution >= 4 is 35.2 Å². The number of urea groups is 1. The molecule has 0 saturated carbocycles. The van der Waals surface area contributed by atoms with Gasteiger partial charge in [0.25, 0.3) is 11.8 Å². The largest absolute Gasteiger partial charge is 0.497 e. The lowest BCUT2D eigenvalue weighted by Crippen LogP contribution is -2.42. The highest BCUT2D eigenvalue weighted by atomic mass is 32.1. The van der Waals surface area contributed by atoms with E-state index in [1.54, 1.807) is 29.5 Å². The van der Waals surface area contributed by atoms with E-state index in [2.05, 4.69) is 16.0 Å². The molecule has 0 spiro atoms. The molecule has 0 aliphatic heterocycles. The predicted molar refractivity (Wildman–Crippen MR) is 106 cm³/mol. The highest BCUT2D eigenvalue weighted by Gasteiger charge is 2.13. The van der Waals surface area contributed by atoms with Crippen molar-refractivity contribution in [3.05, 3.63) is 52.2 Å². The van der Waals surface area contributed by atoms with Gasteiger partial charge in [0, 0.05) is 17.0 Å². The summed E-state index contributed by atoms with van der Waals surface area (Å²) < 4.78 is 9.75. The maximum atomic E-state index is 12.0. The minimum Gasteiger partial charge on any atom is -0.497 e. The van der Waals surface area contributed by atoms with Crippen molar-refractivity contribution in [2.24, 2.45) is 0 Å². The fourth-order valence-electron chi connectivity index (χ4n) is 2.18. The maximum Gasteiger partial charge on any atom is 0.325 e. The number of carbonyl (C=O) groups excluding carboxylic acids is 4. The molecule has 0 bridgehead atoms. The number of amides is 4. The van der Waals surface area contributed by atoms with Crippen molar-refractivity contribution < 1.29 is 28.7 Å². The van der Waals surface area contributed by atoms with Crippen molar-refractivity contribution in [3.63, 3.8) is 0 Å². The lowest BCUT2D eigenvalue weighted by Gasteiger charge is -2.08. The molecule has 0 saturated heterocycles. The fourth-order valence-corrected chi connectivity index (χ4v) is 2.89. The van der Waals surface area contributed by atoms with Crippen molar-refractivity contribution in [2.45, 2.75) is 6.42 Å². The number of rotatable bonds is 9. The van der Waals surface area contributed by atoms with Gasteiger partial charge in [0.05, 0.1) is 7.11 Å². The normalized spacial score (nSPS) is 9.97. The molecule has 154 valence electrons. The maximum absolute atomic E-state index is 12.0. The second-order valence-electron chi connectivity index (χ2n) is 5.71. The third-order valence-electron chi connectivity index (χ3n) is 3.58. The lowest BCUT2D eigenvalue weighted by atomic mass is 10.2. The zero-order valence-electron chi connectivity index (χ0n) is 15.7. The van der Waals surface area contributed by atoms with Gasteiger partial charge in [-0.05, 0) is 36.1 Å². The monoisotopic (exact) mass is 419 g/mol. The van der Waals surface area contributed by atoms with Gasteiger partial charge in [-0.1, -0.05) is 12.1 Å². The first kappa shape index (κ1) is 21.9. The Labute approximate surface area is 171 Å². The standard InChI is InChI=1S/C19H21N3O6S/c1-27-14-5-2-4-13(10-14)18(25)21-11-17(24)28-12-16(23)22-19(26)20-8-7-15-6-3-9-29-15/h2-6,9-10H,7-8,11-12H2,1H3,(H,21,25)(H2,20,22,23,26). The summed E-state index contributed by atoms with van der Waals surface area (Å²) in [6, 6.07) is 9.59. The van der Waals surface area contributed by atoms with Crippen LogP contribution in [0, 0.1) is 0 Å². The number of ether oxygens (including phenoxy) is 2. The Morgan fingerprint density at radius 2 is 1.90 bits per heavy atom. The number of thiophene rings is 1. The van der Waals surface area contributed by atoms with E-state index in [0.29, 0.717) is 24.3 Å². The highest BCUT2D eigenvalue weighted by molar-refractivity contribution is 7.09. The van der Waals surface area contributed by atoms with Gasteiger partial charge >= 0.3 is 12.0 Å². The first-order valence-electron chi connectivity index (χ1n) is 8.66. The van der Waals surface area contributed by atoms with Crippen LogP contribution in [0.5, 0.6) is 5.75 Å². The second-order valence-corrected chi connectivity index (χ2v) is 6.74. The van der Waals surface area contributed by atoms with E-state index in [-0.39, 0.29) is 0 Å². The fraction of sp³-hybridized carbons (Fsp3) is 0.263. The summed E-state index contributed by atoms with van der Waals surface area (Å²) in [6.45, 7) is -0.682. The van der Waals surface area contributed by atoms with Gasteiger partial charge in [0.2, 0.25) is 0 Å². The summed E-state index contributed by atoms with van der Waals surface area (Å²) in [5.74, 6) is -1.57. The summed E-state index contributed by atoms with van der Waals surface area (Å²) >= 11 is 1.57. The molecule has 29 heavy (non-hydrogen) atoms. The highest BCUT2D eigenvalue weighted by Crippen LogP contribution is 2.12. The number of carbonyl (C=O) groups is 4. The van der Waals surface area contributed by atoms with Crippen LogP contribution in [0.1, 0.15) is 15.2 Å². The Morgan fingerprint density at radius 3 is 2.62 bits per heavy atom. The third-order valence-corrected chi connectivity index (χ3v) is 4.52. The first-order chi connectivity index (χ1) is 14.0. The predicted octanol–water partition coefficient (Wildman–Crippen LogP) is 1.10. The second kappa shape index (κ2) is 11.4. The lowest BCUT2D eigenvalue weighted by molar-refractivity contribution is -0.147. The molecule has 0 fully saturated rings. The summed E-state index contributed by atoms with van der Waals surface area (Å²) in [4.78, 5) is 48.0. The smallest absolute Gasteiger partial charge is 0.325 e. The van der Waals surface area contributed by atoms with Gasteiger partial charge in [0.1, 0.15) is 12.3 Å². The number of hydrogen-bond acceptors (Lipinski definition) is 7. The number of esters is 1. The first-order valence-corrected chi connectivity index (χ1v) is 9.54. The van der Waals surface area contributed by atoms with E-state index < -0.39 is 37.0 Å². The van der Waals surface area contributed by atoms with Crippen LogP contribution in [-0.4, -0.2) is 50.6 Å². The van der Waals surface area contributed by atoms with Crippen LogP contribution in [0.3, 0.4) is 0 Å². The zero-order chi connectivity index (χ0) is 21.1. The van der Waals surface area contributed by atoms with Crippen LogP contribution < -0.4 is 20.7 Å². The number of imide groups is 1. The Morgan fingerprint density at radius 1 is 1.07 bits per heavy atom. The van der Waals surface area contributed by atoms with Crippen LogP contribution in [0.4, 0.5) is 4.79 Å². The summed E-state index contributed by atoms with van der Waals surface area (Å²) in [5.41, 5.74) is 0.314. The quantitative estimate of drug-likeness (QED) is 0.523. The molecule has 0 aliphatic rings. The molecule has 9 nitrogen and oxygen atoms in total. The molecule has 10 heteroatoms. The Bertz CT molecular complexity index is 853. The van der Waals surface area contributed by atoms with Gasteiger partial charge in [-0.25, -0.2) is 4.79 Å². The average Bonchev–Trinajstić information content (AvgIpc) is 3.24. The van der Waals surface area contributed by atoms with Crippen molar-refractivity contribution in [1.82, 2.24) is 16.0 Å². The minimum absolute atomic E-state index is 0.314. The van der Waals surface area contributed by atoms with Crippen LogP contribution in [0.25, 0.3) is 0 Å². The zero-order valence-corrected chi connectivity index (χ0v) is 16.5. The molecule has 2 aromatic rings. The Hall–Kier alpha value is -3.40. The van der Waals surface area contributed by atoms with Gasteiger partial charge in [-0.3, -0.25) is 19.7 Å². The molecule has 1 aromatic heterocycles. The molecule has 2 rings (SSSR count). The molecule has 3 N–H and O–H groups in total. The number of methoxy groups -OCH3 is 1. The molecule has 0 unspecified atom stereocenters. The SMILES string of the molecule is COc1cccc(C(=O)NCC(=O)OCC(=O)NC(=O)NCCc2cccs2)c1. The van der Waals surface area contributed by atoms with E-state index in [1.165, 1.54) is 13.2 Å².